The summed E-state index contributed by atoms with van der Waals surface area (Å²) in [4.78, 5) is 14.3. The lowest BCUT2D eigenvalue weighted by Crippen LogP contribution is -2.21. The first-order chi connectivity index (χ1) is 11.6. The van der Waals surface area contributed by atoms with E-state index in [1.807, 2.05) is 31.2 Å². The van der Waals surface area contributed by atoms with Gasteiger partial charge in [-0.15, -0.1) is 0 Å². The molecule has 128 valence electrons. The molecule has 4 nitrogen and oxygen atoms in total. The van der Waals surface area contributed by atoms with Crippen LogP contribution in [0.25, 0.3) is 0 Å². The average molecular weight is 325 g/mol. The third-order valence-corrected chi connectivity index (χ3v) is 3.98. The van der Waals surface area contributed by atoms with Crippen LogP contribution in [0.4, 0.5) is 17.1 Å². The van der Waals surface area contributed by atoms with E-state index in [-0.39, 0.29) is 5.91 Å². The van der Waals surface area contributed by atoms with E-state index in [4.69, 9.17) is 0 Å². The molecule has 2 N–H and O–H groups in total. The molecule has 0 radical (unpaired) electrons. The van der Waals surface area contributed by atoms with Gasteiger partial charge in [0.2, 0.25) is 5.91 Å². The van der Waals surface area contributed by atoms with Gasteiger partial charge in [0.1, 0.15) is 0 Å². The van der Waals surface area contributed by atoms with Crippen LogP contribution in [0, 0.1) is 6.92 Å². The number of carbonyl (C=O) groups excluding carboxylic acids is 1. The van der Waals surface area contributed by atoms with Crippen LogP contribution in [-0.2, 0) is 4.79 Å². The zero-order valence-corrected chi connectivity index (χ0v) is 14.8. The Balaban J connectivity index is 1.78. The summed E-state index contributed by atoms with van der Waals surface area (Å²) < 4.78 is 0. The van der Waals surface area contributed by atoms with Gasteiger partial charge >= 0.3 is 0 Å². The van der Waals surface area contributed by atoms with Crippen molar-refractivity contribution in [2.24, 2.45) is 0 Å². The monoisotopic (exact) mass is 325 g/mol. The quantitative estimate of drug-likeness (QED) is 0.761. The summed E-state index contributed by atoms with van der Waals surface area (Å²) in [6.07, 6.45) is 0.436. The van der Waals surface area contributed by atoms with E-state index in [2.05, 4.69) is 53.6 Å². The van der Waals surface area contributed by atoms with Gasteiger partial charge in [-0.1, -0.05) is 12.1 Å². The molecule has 0 unspecified atom stereocenters. The van der Waals surface area contributed by atoms with Crippen LogP contribution >= 0.6 is 0 Å². The second kappa shape index (κ2) is 8.96. The van der Waals surface area contributed by atoms with E-state index < -0.39 is 0 Å². The van der Waals surface area contributed by atoms with Crippen molar-refractivity contribution in [2.75, 3.05) is 35.2 Å². The Morgan fingerprint density at radius 3 is 2.33 bits per heavy atom. The molecule has 2 aromatic rings. The maximum absolute atomic E-state index is 12.0. The molecule has 0 saturated carbocycles. The first-order valence-corrected chi connectivity index (χ1v) is 8.57. The Morgan fingerprint density at radius 2 is 1.71 bits per heavy atom. The number of aryl methyl sites for hydroxylation is 1. The van der Waals surface area contributed by atoms with Crippen molar-refractivity contribution in [3.8, 4) is 0 Å². The first kappa shape index (κ1) is 17.9. The molecule has 0 atom stereocenters. The molecule has 0 heterocycles. The largest absolute Gasteiger partial charge is 0.385 e. The lowest BCUT2D eigenvalue weighted by atomic mass is 10.2. The van der Waals surface area contributed by atoms with E-state index in [1.165, 1.54) is 5.69 Å². The van der Waals surface area contributed by atoms with Gasteiger partial charge in [-0.2, -0.15) is 0 Å². The lowest BCUT2D eigenvalue weighted by molar-refractivity contribution is -0.115. The van der Waals surface area contributed by atoms with Gasteiger partial charge in [0.05, 0.1) is 0 Å². The molecule has 0 bridgehead atoms. The fourth-order valence-corrected chi connectivity index (χ4v) is 2.65. The molecular weight excluding hydrogens is 298 g/mol. The number of amides is 1. The number of carbonyl (C=O) groups is 1. The third-order valence-electron chi connectivity index (χ3n) is 3.98. The summed E-state index contributed by atoms with van der Waals surface area (Å²) in [6, 6.07) is 16.2. The summed E-state index contributed by atoms with van der Waals surface area (Å²) in [6.45, 7) is 8.94. The average Bonchev–Trinajstić information content (AvgIpc) is 2.57. The zero-order valence-electron chi connectivity index (χ0n) is 14.8. The number of nitrogens with one attached hydrogen (secondary N) is 2. The van der Waals surface area contributed by atoms with E-state index >= 15 is 0 Å². The van der Waals surface area contributed by atoms with E-state index in [9.17, 15) is 4.79 Å². The molecule has 24 heavy (non-hydrogen) atoms. The summed E-state index contributed by atoms with van der Waals surface area (Å²) in [5, 5.41) is 6.22. The Kier molecular flexibility index (Phi) is 6.67. The summed E-state index contributed by atoms with van der Waals surface area (Å²) in [5.74, 6) is 0.0212. The second-order valence-electron chi connectivity index (χ2n) is 5.81. The lowest BCUT2D eigenvalue weighted by Gasteiger charge is -2.21. The van der Waals surface area contributed by atoms with Crippen LogP contribution in [0.15, 0.2) is 48.5 Å². The van der Waals surface area contributed by atoms with Gasteiger partial charge < -0.3 is 15.5 Å². The minimum Gasteiger partial charge on any atom is -0.385 e. The maximum Gasteiger partial charge on any atom is 0.226 e. The number of hydrogen-bond acceptors (Lipinski definition) is 3. The van der Waals surface area contributed by atoms with Crippen molar-refractivity contribution in [3.05, 3.63) is 54.1 Å². The van der Waals surface area contributed by atoms with Crippen molar-refractivity contribution >= 4 is 23.0 Å². The highest BCUT2D eigenvalue weighted by Crippen LogP contribution is 2.17. The van der Waals surface area contributed by atoms with Gasteiger partial charge in [-0.05, 0) is 62.7 Å². The fourth-order valence-electron chi connectivity index (χ4n) is 2.65. The molecule has 2 rings (SSSR count). The van der Waals surface area contributed by atoms with E-state index in [0.717, 1.165) is 30.0 Å². The Morgan fingerprint density at radius 1 is 1.00 bits per heavy atom. The van der Waals surface area contributed by atoms with Gasteiger partial charge in [0, 0.05) is 43.1 Å². The minimum atomic E-state index is 0.0212. The highest BCUT2D eigenvalue weighted by atomic mass is 16.1. The zero-order chi connectivity index (χ0) is 17.4. The van der Waals surface area contributed by atoms with Crippen molar-refractivity contribution in [1.29, 1.82) is 0 Å². The molecule has 1 amide bonds. The number of benzene rings is 2. The SMILES string of the molecule is CCN(CC)c1ccc(NCCC(=O)Nc2cccc(C)c2)cc1. The van der Waals surface area contributed by atoms with Crippen LogP contribution < -0.4 is 15.5 Å². The number of nitrogens with zero attached hydrogens (tertiary/aromatic N) is 1. The second-order valence-corrected chi connectivity index (χ2v) is 5.81. The van der Waals surface area contributed by atoms with Gasteiger partial charge in [0.25, 0.3) is 0 Å². The van der Waals surface area contributed by atoms with Crippen LogP contribution in [0.1, 0.15) is 25.8 Å². The standard InChI is InChI=1S/C20H27N3O/c1-4-23(5-2)19-11-9-17(10-12-19)21-14-13-20(24)22-18-8-6-7-16(3)15-18/h6-12,15,21H,4-5,13-14H2,1-3H3,(H,22,24). The number of hydrogen-bond donors (Lipinski definition) is 2. The third kappa shape index (κ3) is 5.30. The predicted octanol–water partition coefficient (Wildman–Crippen LogP) is 4.28. The van der Waals surface area contributed by atoms with Crippen LogP contribution in [0.2, 0.25) is 0 Å². The highest BCUT2D eigenvalue weighted by molar-refractivity contribution is 5.91. The number of rotatable bonds is 8. The van der Waals surface area contributed by atoms with Crippen molar-refractivity contribution in [3.63, 3.8) is 0 Å². The topological polar surface area (TPSA) is 44.4 Å². The van der Waals surface area contributed by atoms with E-state index in [0.29, 0.717) is 13.0 Å². The van der Waals surface area contributed by atoms with Crippen LogP contribution in [0.3, 0.4) is 0 Å². The molecule has 0 aliphatic rings. The molecule has 0 fully saturated rings. The van der Waals surface area contributed by atoms with Crippen LogP contribution in [-0.4, -0.2) is 25.5 Å². The smallest absolute Gasteiger partial charge is 0.226 e. The van der Waals surface area contributed by atoms with Crippen molar-refractivity contribution in [2.45, 2.75) is 27.2 Å². The van der Waals surface area contributed by atoms with Crippen LogP contribution in [0.5, 0.6) is 0 Å². The number of anilines is 3. The molecule has 0 aromatic heterocycles. The Bertz CT molecular complexity index is 648. The Labute approximate surface area is 144 Å². The highest BCUT2D eigenvalue weighted by Gasteiger charge is 2.04. The molecule has 2 aromatic carbocycles. The van der Waals surface area contributed by atoms with Crippen molar-refractivity contribution < 1.29 is 4.79 Å². The van der Waals surface area contributed by atoms with E-state index in [1.54, 1.807) is 0 Å². The van der Waals surface area contributed by atoms with Gasteiger partial charge in [-0.25, -0.2) is 0 Å². The molecule has 0 spiro atoms. The van der Waals surface area contributed by atoms with Gasteiger partial charge in [-0.3, -0.25) is 4.79 Å². The predicted molar refractivity (Wildman–Crippen MR) is 103 cm³/mol. The maximum atomic E-state index is 12.0. The molecule has 0 aliphatic carbocycles. The van der Waals surface area contributed by atoms with Crippen molar-refractivity contribution in [1.82, 2.24) is 0 Å². The first-order valence-electron chi connectivity index (χ1n) is 8.57. The summed E-state index contributed by atoms with van der Waals surface area (Å²) in [5.41, 5.74) is 4.25. The summed E-state index contributed by atoms with van der Waals surface area (Å²) >= 11 is 0. The fraction of sp³-hybridized carbons (Fsp3) is 0.350. The molecule has 0 aliphatic heterocycles. The minimum absolute atomic E-state index is 0.0212. The molecule has 0 saturated heterocycles. The molecular formula is C20H27N3O. The normalized spacial score (nSPS) is 10.3. The molecule has 4 heteroatoms. The van der Waals surface area contributed by atoms with Gasteiger partial charge in [0.15, 0.2) is 0 Å². The summed E-state index contributed by atoms with van der Waals surface area (Å²) in [7, 11) is 0. The Hall–Kier alpha value is -2.49.